The molecule has 0 fully saturated rings. The van der Waals surface area contributed by atoms with Crippen molar-refractivity contribution >= 4 is 15.2 Å². The van der Waals surface area contributed by atoms with Crippen molar-refractivity contribution in [3.05, 3.63) is 60.4 Å². The first kappa shape index (κ1) is 17.8. The van der Waals surface area contributed by atoms with E-state index in [9.17, 15) is 23.8 Å². The van der Waals surface area contributed by atoms with Crippen LogP contribution in [0.3, 0.4) is 0 Å². The Morgan fingerprint density at radius 2 is 1.70 bits per heavy atom. The maximum atomic E-state index is 12.0. The van der Waals surface area contributed by atoms with Gasteiger partial charge >= 0.3 is 15.2 Å². The maximum Gasteiger partial charge on any atom is 0.390 e. The molecule has 4 N–H and O–H groups in total. The SMILES string of the molecule is O=P(O)(CNC(c1ccccn1)P(=O)(O)O)Oc1ccccc1. The maximum absolute atomic E-state index is 12.0. The van der Waals surface area contributed by atoms with Gasteiger partial charge in [-0.25, -0.2) is 4.57 Å². The quantitative estimate of drug-likeness (QED) is 0.554. The van der Waals surface area contributed by atoms with Crippen LogP contribution in [-0.2, 0) is 9.13 Å². The molecule has 1 heterocycles. The van der Waals surface area contributed by atoms with Gasteiger partial charge in [0, 0.05) is 6.20 Å². The Bertz CT molecular complexity index is 722. The fourth-order valence-electron chi connectivity index (χ4n) is 1.81. The zero-order chi connectivity index (χ0) is 16.9. The van der Waals surface area contributed by atoms with Gasteiger partial charge in [0.2, 0.25) is 0 Å². The average Bonchev–Trinajstić information content (AvgIpc) is 2.47. The van der Waals surface area contributed by atoms with Crippen LogP contribution in [0.1, 0.15) is 11.5 Å². The predicted octanol–water partition coefficient (Wildman–Crippen LogP) is 2.07. The first-order chi connectivity index (χ1) is 10.8. The van der Waals surface area contributed by atoms with E-state index in [4.69, 9.17) is 4.52 Å². The number of hydrogen-bond acceptors (Lipinski definition) is 5. The van der Waals surface area contributed by atoms with Crippen LogP contribution in [0.25, 0.3) is 0 Å². The average molecular weight is 358 g/mol. The number of hydrogen-bond donors (Lipinski definition) is 4. The summed E-state index contributed by atoms with van der Waals surface area (Å²) in [7, 11) is -8.77. The lowest BCUT2D eigenvalue weighted by atomic mass is 10.3. The van der Waals surface area contributed by atoms with E-state index in [1.54, 1.807) is 30.3 Å². The molecule has 0 aliphatic rings. The van der Waals surface area contributed by atoms with Crippen LogP contribution in [0.2, 0.25) is 0 Å². The van der Waals surface area contributed by atoms with E-state index in [0.717, 1.165) is 0 Å². The van der Waals surface area contributed by atoms with Crippen molar-refractivity contribution in [3.63, 3.8) is 0 Å². The Kier molecular flexibility index (Phi) is 5.70. The summed E-state index contributed by atoms with van der Waals surface area (Å²) in [6.07, 6.45) is 0.729. The van der Waals surface area contributed by atoms with Crippen LogP contribution in [0.5, 0.6) is 5.75 Å². The molecular weight excluding hydrogens is 342 g/mol. The molecule has 124 valence electrons. The van der Waals surface area contributed by atoms with Crippen molar-refractivity contribution in [2.24, 2.45) is 0 Å². The summed E-state index contributed by atoms with van der Waals surface area (Å²) < 4.78 is 28.6. The van der Waals surface area contributed by atoms with E-state index in [1.807, 2.05) is 0 Å². The van der Waals surface area contributed by atoms with Crippen LogP contribution in [0, 0.1) is 0 Å². The highest BCUT2D eigenvalue weighted by molar-refractivity contribution is 7.53. The molecule has 2 aromatic rings. The molecule has 0 saturated carbocycles. The molecule has 1 aromatic heterocycles. The highest BCUT2D eigenvalue weighted by atomic mass is 31.2. The van der Waals surface area contributed by atoms with Gasteiger partial charge in [0.05, 0.1) is 5.69 Å². The molecule has 0 amide bonds. The van der Waals surface area contributed by atoms with Crippen molar-refractivity contribution in [3.8, 4) is 5.75 Å². The highest BCUT2D eigenvalue weighted by Crippen LogP contribution is 2.51. The Balaban J connectivity index is 2.09. The number of aromatic nitrogens is 1. The smallest absolute Gasteiger partial charge is 0.390 e. The minimum atomic E-state index is -4.63. The molecule has 8 nitrogen and oxygen atoms in total. The fourth-order valence-corrected chi connectivity index (χ4v) is 3.71. The zero-order valence-corrected chi connectivity index (χ0v) is 13.7. The van der Waals surface area contributed by atoms with E-state index >= 15 is 0 Å². The van der Waals surface area contributed by atoms with Crippen molar-refractivity contribution < 1.29 is 28.3 Å². The Labute approximate surface area is 132 Å². The van der Waals surface area contributed by atoms with Gasteiger partial charge in [0.25, 0.3) is 0 Å². The third-order valence-corrected chi connectivity index (χ3v) is 4.98. The molecule has 0 radical (unpaired) electrons. The Morgan fingerprint density at radius 1 is 1.04 bits per heavy atom. The highest BCUT2D eigenvalue weighted by Gasteiger charge is 2.34. The molecular formula is C13H16N2O6P2. The van der Waals surface area contributed by atoms with Gasteiger partial charge in [-0.05, 0) is 24.3 Å². The summed E-state index contributed by atoms with van der Waals surface area (Å²) in [5.41, 5.74) is 0.0699. The molecule has 2 atom stereocenters. The molecule has 0 aliphatic carbocycles. The van der Waals surface area contributed by atoms with Crippen LogP contribution < -0.4 is 9.84 Å². The predicted molar refractivity (Wildman–Crippen MR) is 83.9 cm³/mol. The van der Waals surface area contributed by atoms with Crippen molar-refractivity contribution in [2.45, 2.75) is 5.78 Å². The van der Waals surface area contributed by atoms with Gasteiger partial charge < -0.3 is 19.2 Å². The number of para-hydroxylation sites is 1. The topological polar surface area (TPSA) is 129 Å². The number of nitrogens with zero attached hydrogens (tertiary/aromatic N) is 1. The van der Waals surface area contributed by atoms with Crippen molar-refractivity contribution in [2.75, 3.05) is 6.29 Å². The second-order valence-corrected chi connectivity index (χ2v) is 8.12. The number of nitrogens with one attached hydrogen (secondary N) is 1. The standard InChI is InChI=1S/C13H16N2O6P2/c16-22(17,21-11-6-2-1-3-7-11)10-15-13(23(18,19)20)12-8-4-5-9-14-12/h1-9,13,15H,10H2,(H,16,17)(H2,18,19,20). The van der Waals surface area contributed by atoms with Crippen molar-refractivity contribution in [1.82, 2.24) is 10.3 Å². The molecule has 23 heavy (non-hydrogen) atoms. The van der Waals surface area contributed by atoms with Gasteiger partial charge in [-0.15, -0.1) is 0 Å². The van der Waals surface area contributed by atoms with Crippen LogP contribution >= 0.6 is 15.2 Å². The summed E-state index contributed by atoms with van der Waals surface area (Å²) in [5, 5.41) is 2.37. The fraction of sp³-hybridized carbons (Fsp3) is 0.154. The summed E-state index contributed by atoms with van der Waals surface area (Å²) in [5.74, 6) is -1.31. The lowest BCUT2D eigenvalue weighted by molar-refractivity contribution is 0.343. The number of rotatable bonds is 7. The van der Waals surface area contributed by atoms with E-state index in [1.165, 1.54) is 24.4 Å². The number of pyridine rings is 1. The minimum Gasteiger partial charge on any atom is -0.424 e. The Morgan fingerprint density at radius 3 is 2.26 bits per heavy atom. The summed E-state index contributed by atoms with van der Waals surface area (Å²) in [6.45, 7) is 0. The van der Waals surface area contributed by atoms with Gasteiger partial charge in [-0.2, -0.15) is 0 Å². The van der Waals surface area contributed by atoms with E-state index in [-0.39, 0.29) is 11.4 Å². The second-order valence-electron chi connectivity index (χ2n) is 4.65. The molecule has 0 saturated heterocycles. The molecule has 0 bridgehead atoms. The molecule has 0 spiro atoms. The first-order valence-electron chi connectivity index (χ1n) is 6.54. The third kappa shape index (κ3) is 5.55. The van der Waals surface area contributed by atoms with Gasteiger partial charge in [-0.1, -0.05) is 24.3 Å². The Hall–Kier alpha value is -1.53. The second kappa shape index (κ2) is 7.36. The van der Waals surface area contributed by atoms with Gasteiger partial charge in [-0.3, -0.25) is 14.9 Å². The number of benzene rings is 1. The van der Waals surface area contributed by atoms with Crippen LogP contribution in [-0.4, -0.2) is 26.0 Å². The molecule has 2 unspecified atom stereocenters. The lowest BCUT2D eigenvalue weighted by Crippen LogP contribution is -2.24. The van der Waals surface area contributed by atoms with Gasteiger partial charge in [0.15, 0.2) is 5.78 Å². The van der Waals surface area contributed by atoms with Crippen LogP contribution in [0.15, 0.2) is 54.7 Å². The van der Waals surface area contributed by atoms with Gasteiger partial charge in [0.1, 0.15) is 12.0 Å². The molecule has 1 aromatic carbocycles. The van der Waals surface area contributed by atoms with E-state index < -0.39 is 27.3 Å². The summed E-state index contributed by atoms with van der Waals surface area (Å²) in [6, 6.07) is 12.6. The lowest BCUT2D eigenvalue weighted by Gasteiger charge is -2.21. The summed E-state index contributed by atoms with van der Waals surface area (Å²) >= 11 is 0. The van der Waals surface area contributed by atoms with Crippen molar-refractivity contribution in [1.29, 1.82) is 0 Å². The first-order valence-corrected chi connectivity index (χ1v) is 9.98. The molecule has 2 rings (SSSR count). The zero-order valence-electron chi connectivity index (χ0n) is 11.9. The third-order valence-electron chi connectivity index (χ3n) is 2.78. The summed E-state index contributed by atoms with van der Waals surface area (Å²) in [4.78, 5) is 32.5. The van der Waals surface area contributed by atoms with Crippen LogP contribution in [0.4, 0.5) is 0 Å². The molecule has 10 heteroatoms. The van der Waals surface area contributed by atoms with E-state index in [2.05, 4.69) is 10.3 Å². The normalized spacial score (nSPS) is 15.6. The molecule has 0 aliphatic heterocycles. The minimum absolute atomic E-state index is 0.0699. The largest absolute Gasteiger partial charge is 0.424 e. The monoisotopic (exact) mass is 358 g/mol. The van der Waals surface area contributed by atoms with E-state index in [0.29, 0.717) is 0 Å².